The van der Waals surface area contributed by atoms with Gasteiger partial charge in [-0.05, 0) is 55.8 Å². The van der Waals surface area contributed by atoms with E-state index in [2.05, 4.69) is 26.4 Å². The van der Waals surface area contributed by atoms with E-state index in [-0.39, 0.29) is 5.91 Å². The number of aromatic nitrogens is 2. The Morgan fingerprint density at radius 1 is 1.13 bits per heavy atom. The van der Waals surface area contributed by atoms with Gasteiger partial charge in [-0.3, -0.25) is 4.79 Å². The number of nitrogens with zero attached hydrogens (tertiary/aromatic N) is 3. The molecule has 8 heteroatoms. The lowest BCUT2D eigenvalue weighted by Gasteiger charge is -2.29. The average molecular weight is 418 g/mol. The zero-order chi connectivity index (χ0) is 21.4. The predicted molar refractivity (Wildman–Crippen MR) is 116 cm³/mol. The van der Waals surface area contributed by atoms with Crippen molar-refractivity contribution < 1.29 is 18.5 Å². The third-order valence-electron chi connectivity index (χ3n) is 5.47. The van der Waals surface area contributed by atoms with Gasteiger partial charge in [-0.2, -0.15) is 0 Å². The highest BCUT2D eigenvalue weighted by atomic mass is 16.5. The Morgan fingerprint density at radius 2 is 1.97 bits per heavy atom. The Morgan fingerprint density at radius 3 is 2.71 bits per heavy atom. The summed E-state index contributed by atoms with van der Waals surface area (Å²) in [5.41, 5.74) is 4.72. The number of ether oxygens (including phenoxy) is 1. The number of hydrogen-bond donors (Lipinski definition) is 1. The standard InChI is InChI=1S/C23H22N4O4/c1-14-12-16(27-7-10-29-11-8-27)5-6-18(14)24-22(28)17-13-19(20-4-3-9-30-20)25-23-21(17)15(2)26-31-23/h3-6,9,12-13H,7-8,10-11H2,1-2H3,(H,24,28). The van der Waals surface area contributed by atoms with Crippen molar-refractivity contribution in [1.29, 1.82) is 0 Å². The van der Waals surface area contributed by atoms with Gasteiger partial charge in [-0.15, -0.1) is 0 Å². The molecule has 1 N–H and O–H groups in total. The van der Waals surface area contributed by atoms with E-state index in [0.717, 1.165) is 43.2 Å². The summed E-state index contributed by atoms with van der Waals surface area (Å²) in [6.07, 6.45) is 1.56. The van der Waals surface area contributed by atoms with Gasteiger partial charge >= 0.3 is 0 Å². The van der Waals surface area contributed by atoms with Crippen LogP contribution in [0.2, 0.25) is 0 Å². The van der Waals surface area contributed by atoms with Crippen LogP contribution in [0.25, 0.3) is 22.6 Å². The van der Waals surface area contributed by atoms with Crippen LogP contribution in [0.1, 0.15) is 21.6 Å². The molecule has 0 spiro atoms. The van der Waals surface area contributed by atoms with E-state index in [4.69, 9.17) is 13.7 Å². The predicted octanol–water partition coefficient (Wildman–Crippen LogP) is 4.19. The number of hydrogen-bond acceptors (Lipinski definition) is 7. The maximum absolute atomic E-state index is 13.3. The normalized spacial score (nSPS) is 14.2. The smallest absolute Gasteiger partial charge is 0.259 e. The highest BCUT2D eigenvalue weighted by Crippen LogP contribution is 2.29. The van der Waals surface area contributed by atoms with Gasteiger partial charge in [-0.1, -0.05) is 5.16 Å². The highest BCUT2D eigenvalue weighted by Gasteiger charge is 2.21. The van der Waals surface area contributed by atoms with Gasteiger partial charge in [0.05, 0.1) is 36.1 Å². The minimum absolute atomic E-state index is 0.256. The second-order valence-corrected chi connectivity index (χ2v) is 7.53. The number of rotatable bonds is 4. The number of fused-ring (bicyclic) bond motifs is 1. The quantitative estimate of drug-likeness (QED) is 0.531. The lowest BCUT2D eigenvalue weighted by molar-refractivity contribution is 0.102. The zero-order valence-corrected chi connectivity index (χ0v) is 17.3. The number of furan rings is 1. The fraction of sp³-hybridized carbons (Fsp3) is 0.261. The summed E-state index contributed by atoms with van der Waals surface area (Å²) in [5, 5.41) is 7.61. The Kier molecular flexibility index (Phi) is 4.91. The van der Waals surface area contributed by atoms with Crippen LogP contribution in [0.5, 0.6) is 0 Å². The van der Waals surface area contributed by atoms with Gasteiger partial charge in [0.1, 0.15) is 5.69 Å². The number of carbonyl (C=O) groups excluding carboxylic acids is 1. The van der Waals surface area contributed by atoms with E-state index in [0.29, 0.717) is 33.8 Å². The van der Waals surface area contributed by atoms with Gasteiger partial charge in [0.15, 0.2) is 5.76 Å². The Hall–Kier alpha value is -3.65. The first kappa shape index (κ1) is 19.3. The number of pyridine rings is 1. The van der Waals surface area contributed by atoms with E-state index >= 15 is 0 Å². The van der Waals surface area contributed by atoms with Crippen LogP contribution >= 0.6 is 0 Å². The first-order valence-electron chi connectivity index (χ1n) is 10.2. The molecule has 31 heavy (non-hydrogen) atoms. The van der Waals surface area contributed by atoms with Crippen LogP contribution in [-0.4, -0.2) is 42.4 Å². The Labute approximate surface area is 178 Å². The molecule has 158 valence electrons. The largest absolute Gasteiger partial charge is 0.463 e. The second-order valence-electron chi connectivity index (χ2n) is 7.53. The molecule has 1 amide bonds. The number of morpholine rings is 1. The van der Waals surface area contributed by atoms with E-state index in [9.17, 15) is 4.79 Å². The fourth-order valence-electron chi connectivity index (χ4n) is 3.82. The minimum atomic E-state index is -0.256. The van der Waals surface area contributed by atoms with Crippen LogP contribution < -0.4 is 10.2 Å². The molecular formula is C23H22N4O4. The van der Waals surface area contributed by atoms with E-state index in [1.54, 1.807) is 31.4 Å². The van der Waals surface area contributed by atoms with Crippen molar-refractivity contribution in [2.75, 3.05) is 36.5 Å². The molecule has 1 aliphatic rings. The van der Waals surface area contributed by atoms with Crippen molar-refractivity contribution >= 4 is 28.4 Å². The van der Waals surface area contributed by atoms with Crippen molar-refractivity contribution in [2.45, 2.75) is 13.8 Å². The molecule has 0 aliphatic carbocycles. The first-order chi connectivity index (χ1) is 15.1. The third kappa shape index (κ3) is 3.66. The molecule has 0 saturated carbocycles. The minimum Gasteiger partial charge on any atom is -0.463 e. The number of nitrogens with one attached hydrogen (secondary N) is 1. The monoisotopic (exact) mass is 418 g/mol. The lowest BCUT2D eigenvalue weighted by atomic mass is 10.1. The molecule has 1 aromatic carbocycles. The summed E-state index contributed by atoms with van der Waals surface area (Å²) in [6.45, 7) is 6.96. The van der Waals surface area contributed by atoms with E-state index in [1.807, 2.05) is 19.1 Å². The molecule has 1 aliphatic heterocycles. The number of anilines is 2. The fourth-order valence-corrected chi connectivity index (χ4v) is 3.82. The zero-order valence-electron chi connectivity index (χ0n) is 17.3. The summed E-state index contributed by atoms with van der Waals surface area (Å²) >= 11 is 0. The van der Waals surface area contributed by atoms with Gasteiger partial charge in [0.25, 0.3) is 11.6 Å². The van der Waals surface area contributed by atoms with Crippen molar-refractivity contribution in [1.82, 2.24) is 10.1 Å². The van der Waals surface area contributed by atoms with Crippen molar-refractivity contribution in [3.8, 4) is 11.5 Å². The Balaban J connectivity index is 1.47. The molecule has 0 atom stereocenters. The summed E-state index contributed by atoms with van der Waals surface area (Å²) in [7, 11) is 0. The SMILES string of the molecule is Cc1cc(N2CCOCC2)ccc1NC(=O)c1cc(-c2ccco2)nc2onc(C)c12. The maximum atomic E-state index is 13.3. The van der Waals surface area contributed by atoms with Crippen molar-refractivity contribution in [3.63, 3.8) is 0 Å². The maximum Gasteiger partial charge on any atom is 0.259 e. The van der Waals surface area contributed by atoms with Crippen LogP contribution in [0.15, 0.2) is 51.6 Å². The summed E-state index contributed by atoms with van der Waals surface area (Å²) in [6, 6.07) is 11.3. The van der Waals surface area contributed by atoms with Crippen molar-refractivity contribution in [2.24, 2.45) is 0 Å². The summed E-state index contributed by atoms with van der Waals surface area (Å²) in [4.78, 5) is 20.0. The molecule has 0 radical (unpaired) electrons. The highest BCUT2D eigenvalue weighted by molar-refractivity contribution is 6.13. The topological polar surface area (TPSA) is 93.6 Å². The van der Waals surface area contributed by atoms with E-state index < -0.39 is 0 Å². The molecule has 1 saturated heterocycles. The second kappa shape index (κ2) is 7.88. The molecule has 1 fully saturated rings. The molecule has 0 bridgehead atoms. The van der Waals surface area contributed by atoms with Gasteiger partial charge < -0.3 is 23.9 Å². The summed E-state index contributed by atoms with van der Waals surface area (Å²) in [5.74, 6) is 0.296. The molecule has 3 aromatic heterocycles. The molecule has 4 heterocycles. The van der Waals surface area contributed by atoms with Crippen LogP contribution in [0, 0.1) is 13.8 Å². The Bertz CT molecular complexity index is 1240. The number of carbonyl (C=O) groups is 1. The summed E-state index contributed by atoms with van der Waals surface area (Å²) < 4.78 is 16.2. The molecule has 5 rings (SSSR count). The molecule has 0 unspecified atom stereocenters. The molecule has 4 aromatic rings. The molecular weight excluding hydrogens is 396 g/mol. The first-order valence-corrected chi connectivity index (χ1v) is 10.2. The molecule has 8 nitrogen and oxygen atoms in total. The van der Waals surface area contributed by atoms with E-state index in [1.165, 1.54) is 0 Å². The van der Waals surface area contributed by atoms with Gasteiger partial charge in [-0.25, -0.2) is 4.98 Å². The number of amides is 1. The third-order valence-corrected chi connectivity index (χ3v) is 5.47. The van der Waals surface area contributed by atoms with Crippen molar-refractivity contribution in [3.05, 3.63) is 59.5 Å². The van der Waals surface area contributed by atoms with Crippen LogP contribution in [-0.2, 0) is 4.74 Å². The van der Waals surface area contributed by atoms with Crippen LogP contribution in [0.4, 0.5) is 11.4 Å². The lowest BCUT2D eigenvalue weighted by Crippen LogP contribution is -2.36. The average Bonchev–Trinajstić information content (AvgIpc) is 3.45. The number of benzene rings is 1. The van der Waals surface area contributed by atoms with Gasteiger partial charge in [0, 0.05) is 24.5 Å². The van der Waals surface area contributed by atoms with Crippen LogP contribution in [0.3, 0.4) is 0 Å². The number of aryl methyl sites for hydroxylation is 2. The van der Waals surface area contributed by atoms with Gasteiger partial charge in [0.2, 0.25) is 0 Å².